The van der Waals surface area contributed by atoms with Gasteiger partial charge in [0.25, 0.3) is 0 Å². The van der Waals surface area contributed by atoms with E-state index in [1.54, 1.807) is 128 Å². The van der Waals surface area contributed by atoms with E-state index in [9.17, 15) is 0 Å². The molecule has 0 atom stereocenters. The van der Waals surface area contributed by atoms with Gasteiger partial charge in [0.15, 0.2) is 0 Å². The van der Waals surface area contributed by atoms with E-state index in [-0.39, 0.29) is 17.4 Å². The summed E-state index contributed by atoms with van der Waals surface area (Å²) in [5, 5.41) is 0. The molecule has 0 saturated carbocycles. The molecule has 0 heterocycles. The summed E-state index contributed by atoms with van der Waals surface area (Å²) in [6.07, 6.45) is 0. The first-order valence-electron chi connectivity index (χ1n) is 11.0. The van der Waals surface area contributed by atoms with Gasteiger partial charge < -0.3 is 0 Å². The van der Waals surface area contributed by atoms with Crippen LogP contribution in [0.3, 0.4) is 0 Å². The minimum atomic E-state index is -1.36. The van der Waals surface area contributed by atoms with Crippen molar-refractivity contribution in [3.05, 3.63) is 0 Å². The first-order chi connectivity index (χ1) is 20.1. The third-order valence-electron chi connectivity index (χ3n) is 3.00. The van der Waals surface area contributed by atoms with Crippen LogP contribution in [0.1, 0.15) is 0 Å². The minimum absolute atomic E-state index is 0. The van der Waals surface area contributed by atoms with Gasteiger partial charge in [0.05, 0.1) is 128 Å². The molecule has 25 heteroatoms. The van der Waals surface area contributed by atoms with Crippen molar-refractivity contribution in [3.8, 4) is 0 Å². The Kier molecular flexibility index (Phi) is 80.0. The number of rotatable bonds is 18. The first kappa shape index (κ1) is 60.7. The zero-order chi connectivity index (χ0) is 34.2. The fourth-order valence-corrected chi connectivity index (χ4v) is 4.50. The average Bonchev–Trinajstić information content (AvgIpc) is 3.04. The summed E-state index contributed by atoms with van der Waals surface area (Å²) < 4.78 is 84.7. The third kappa shape index (κ3) is 54.1. The van der Waals surface area contributed by atoms with E-state index in [1.165, 1.54) is 0 Å². The summed E-state index contributed by atoms with van der Waals surface area (Å²) in [7, 11) is 19.8. The molecule has 0 rings (SSSR count). The van der Waals surface area contributed by atoms with Crippen LogP contribution in [-0.2, 0) is 98.8 Å². The average molecular weight is 803 g/mol. The number of hydrogen-bond donors (Lipinski definition) is 0. The Labute approximate surface area is 277 Å². The second-order valence-electron chi connectivity index (χ2n) is 5.17. The molecular weight excluding hydrogens is 742 g/mol. The van der Waals surface area contributed by atoms with Gasteiger partial charge in [-0.15, -0.1) is 0 Å². The smallest absolute Gasteiger partial charge is 0.183 e. The van der Waals surface area contributed by atoms with E-state index in [0.717, 1.165) is 0 Å². The van der Waals surface area contributed by atoms with Crippen molar-refractivity contribution in [1.29, 1.82) is 0 Å². The van der Waals surface area contributed by atoms with Gasteiger partial charge >= 0.3 is 51.6 Å². The van der Waals surface area contributed by atoms with Crippen LogP contribution in [0.2, 0.25) is 0 Å². The quantitative estimate of drug-likeness (QED) is 0.164. The van der Waals surface area contributed by atoms with Gasteiger partial charge in [0.2, 0.25) is 0 Å². The van der Waals surface area contributed by atoms with Crippen LogP contribution in [-0.4, -0.2) is 128 Å². The van der Waals surface area contributed by atoms with Gasteiger partial charge in [-0.3, -0.25) is 0 Å². The first-order valence-corrected chi connectivity index (χ1v) is 18.4. The van der Waals surface area contributed by atoms with E-state index in [2.05, 4.69) is 0 Å². The Hall–Kier alpha value is 2.39. The molecule has 0 bridgehead atoms. The van der Waals surface area contributed by atoms with Crippen LogP contribution in [0.15, 0.2) is 0 Å². The van der Waals surface area contributed by atoms with E-state index in [1.807, 2.05) is 0 Å². The Bertz CT molecular complexity index is 290. The summed E-state index contributed by atoms with van der Waals surface area (Å²) in [5.74, 6) is 0. The predicted octanol–water partition coefficient (Wildman–Crippen LogP) is 5.31. The molecule has 0 aliphatic heterocycles. The molecule has 0 unspecified atom stereocenters. The van der Waals surface area contributed by atoms with E-state index in [4.69, 9.17) is 81.4 Å². The Morgan fingerprint density at radius 2 is 0.209 bits per heavy atom. The molecular formula is C18H60CrO18P6+6. The van der Waals surface area contributed by atoms with Crippen molar-refractivity contribution < 1.29 is 98.8 Å². The maximum atomic E-state index is 4.71. The Morgan fingerprint density at radius 3 is 0.209 bits per heavy atom. The van der Waals surface area contributed by atoms with E-state index in [0.29, 0.717) is 0 Å². The molecule has 43 heavy (non-hydrogen) atoms. The molecule has 0 N–H and O–H groups in total. The zero-order valence-electron chi connectivity index (χ0n) is 28.8. The van der Waals surface area contributed by atoms with Crippen LogP contribution >= 0.6 is 51.6 Å². The molecule has 0 aromatic heterocycles. The van der Waals surface area contributed by atoms with Gasteiger partial charge in [0, 0.05) is 17.4 Å². The van der Waals surface area contributed by atoms with Gasteiger partial charge in [-0.05, 0) is 0 Å². The van der Waals surface area contributed by atoms with Crippen molar-refractivity contribution in [2.45, 2.75) is 0 Å². The molecule has 0 aliphatic rings. The van der Waals surface area contributed by atoms with E-state index >= 15 is 0 Å². The van der Waals surface area contributed by atoms with Crippen molar-refractivity contribution >= 4 is 51.6 Å². The van der Waals surface area contributed by atoms with Crippen molar-refractivity contribution in [3.63, 3.8) is 0 Å². The molecule has 0 saturated heterocycles. The summed E-state index contributed by atoms with van der Waals surface area (Å²) >= 11 is 0. The van der Waals surface area contributed by atoms with Gasteiger partial charge in [0.1, 0.15) is 0 Å². The van der Waals surface area contributed by atoms with Crippen molar-refractivity contribution in [2.75, 3.05) is 128 Å². The maximum Gasteiger partial charge on any atom is 0.397 e. The SMILES string of the molecule is CO[PH+](OC)OC.CO[PH+](OC)OC.CO[PH+](OC)OC.CO[PH+](OC)OC.CO[PH+](OC)OC.CO[PH+](OC)OC.[Cr]. The topological polar surface area (TPSA) is 166 Å². The summed E-state index contributed by atoms with van der Waals surface area (Å²) in [6, 6.07) is 0. The molecule has 0 spiro atoms. The van der Waals surface area contributed by atoms with Crippen LogP contribution in [0.4, 0.5) is 0 Å². The monoisotopic (exact) mass is 802 g/mol. The molecule has 0 fully saturated rings. The van der Waals surface area contributed by atoms with Crippen LogP contribution in [0.5, 0.6) is 0 Å². The molecule has 0 radical (unpaired) electrons. The fraction of sp³-hybridized carbons (Fsp3) is 1.00. The summed E-state index contributed by atoms with van der Waals surface area (Å²) in [5.41, 5.74) is 0. The van der Waals surface area contributed by atoms with Crippen LogP contribution in [0, 0.1) is 0 Å². The standard InChI is InChI=1S/6C3H10O3P.Cr/c6*1-4-7(5-2)6-3;/h6*7H,1-3H3;/q6*+1;. The zero-order valence-corrected chi connectivity index (χ0v) is 36.0. The molecule has 0 aromatic carbocycles. The van der Waals surface area contributed by atoms with Crippen LogP contribution in [0.25, 0.3) is 0 Å². The van der Waals surface area contributed by atoms with Crippen LogP contribution < -0.4 is 0 Å². The molecule has 0 aliphatic carbocycles. The Balaban J connectivity index is -0.0000000720. The molecule has 18 nitrogen and oxygen atoms in total. The number of hydrogen-bond acceptors (Lipinski definition) is 18. The minimum Gasteiger partial charge on any atom is -0.183 e. The van der Waals surface area contributed by atoms with Crippen molar-refractivity contribution in [2.24, 2.45) is 0 Å². The van der Waals surface area contributed by atoms with E-state index < -0.39 is 51.6 Å². The van der Waals surface area contributed by atoms with Gasteiger partial charge in [-0.1, -0.05) is 0 Å². The van der Waals surface area contributed by atoms with Crippen molar-refractivity contribution in [1.82, 2.24) is 0 Å². The molecule has 0 aromatic rings. The fourth-order valence-electron chi connectivity index (χ4n) is 1.50. The predicted molar refractivity (Wildman–Crippen MR) is 176 cm³/mol. The van der Waals surface area contributed by atoms with Gasteiger partial charge in [-0.25, -0.2) is 0 Å². The maximum absolute atomic E-state index is 4.71. The Morgan fingerprint density at radius 1 is 0.163 bits per heavy atom. The molecule has 270 valence electrons. The summed E-state index contributed by atoms with van der Waals surface area (Å²) in [4.78, 5) is 0. The second-order valence-corrected chi connectivity index (χ2v) is 15.5. The molecule has 0 amide bonds. The third-order valence-corrected chi connectivity index (χ3v) is 9.00. The normalized spacial score (nSPS) is 10.0. The summed E-state index contributed by atoms with van der Waals surface area (Å²) in [6.45, 7) is 0. The second kappa shape index (κ2) is 56.7. The van der Waals surface area contributed by atoms with Gasteiger partial charge in [-0.2, -0.15) is 81.4 Å². The largest absolute Gasteiger partial charge is 0.397 e.